The summed E-state index contributed by atoms with van der Waals surface area (Å²) in [4.78, 5) is 34.8. The number of halogens is 1. The SMILES string of the molecule is CNNC1NCCN1/N=C/C1=C(C(=O)O)N2CC(NC(=O)/C(=N/OCF)c3nsc(N)n3)C2SC1. The zero-order valence-corrected chi connectivity index (χ0v) is 20.1. The summed E-state index contributed by atoms with van der Waals surface area (Å²) in [6.07, 6.45) is 1.35. The minimum atomic E-state index is -1.23. The van der Waals surface area contributed by atoms with Crippen LogP contribution in [0.15, 0.2) is 21.5 Å². The van der Waals surface area contributed by atoms with Gasteiger partial charge in [-0.1, -0.05) is 5.16 Å². The Morgan fingerprint density at radius 3 is 3.00 bits per heavy atom. The first kappa shape index (κ1) is 25.0. The van der Waals surface area contributed by atoms with Crippen molar-refractivity contribution in [2.75, 3.05) is 45.0 Å². The fourth-order valence-electron chi connectivity index (χ4n) is 3.74. The highest BCUT2D eigenvalue weighted by molar-refractivity contribution is 8.00. The van der Waals surface area contributed by atoms with E-state index in [2.05, 4.69) is 45.9 Å². The van der Waals surface area contributed by atoms with E-state index in [1.807, 2.05) is 0 Å². The van der Waals surface area contributed by atoms with Gasteiger partial charge >= 0.3 is 5.97 Å². The third-order valence-corrected chi connectivity index (χ3v) is 7.20. The van der Waals surface area contributed by atoms with E-state index in [0.717, 1.165) is 18.1 Å². The summed E-state index contributed by atoms with van der Waals surface area (Å²) in [6.45, 7) is 0.412. The van der Waals surface area contributed by atoms with E-state index in [0.29, 0.717) is 17.9 Å². The molecule has 1 aromatic heterocycles. The highest BCUT2D eigenvalue weighted by atomic mass is 32.2. The molecule has 1 aromatic rings. The minimum absolute atomic E-state index is 0.0852. The number of nitrogens with two attached hydrogens (primary N) is 1. The topological polar surface area (TPSA) is 195 Å². The van der Waals surface area contributed by atoms with Crippen molar-refractivity contribution in [2.45, 2.75) is 17.7 Å². The molecule has 3 aliphatic rings. The first-order chi connectivity index (χ1) is 16.9. The minimum Gasteiger partial charge on any atom is -0.477 e. The number of hydrogen-bond donors (Lipinski definition) is 6. The molecule has 0 aromatic carbocycles. The van der Waals surface area contributed by atoms with Crippen LogP contribution in [0.2, 0.25) is 0 Å². The molecule has 3 aliphatic heterocycles. The average Bonchev–Trinajstić information content (AvgIpc) is 3.45. The molecule has 0 saturated carbocycles. The molecular weight excluding hydrogens is 505 g/mol. The number of hydrogen-bond acceptors (Lipinski definition) is 15. The average molecular weight is 530 g/mol. The highest BCUT2D eigenvalue weighted by Gasteiger charge is 2.47. The molecule has 7 N–H and O–H groups in total. The Morgan fingerprint density at radius 1 is 1.49 bits per heavy atom. The van der Waals surface area contributed by atoms with Crippen LogP contribution in [0, 0.1) is 0 Å². The van der Waals surface area contributed by atoms with Gasteiger partial charge < -0.3 is 25.9 Å². The molecule has 4 rings (SSSR count). The lowest BCUT2D eigenvalue weighted by molar-refractivity contribution is -0.135. The number of carboxylic acid groups (broad SMARTS) is 1. The molecule has 18 heteroatoms. The van der Waals surface area contributed by atoms with Gasteiger partial charge in [-0.3, -0.25) is 20.5 Å². The third kappa shape index (κ3) is 5.45. The number of hydrazine groups is 1. The molecule has 15 nitrogen and oxygen atoms in total. The summed E-state index contributed by atoms with van der Waals surface area (Å²) in [5, 5.41) is 25.3. The van der Waals surface area contributed by atoms with Crippen LogP contribution in [-0.2, 0) is 14.4 Å². The van der Waals surface area contributed by atoms with Crippen molar-refractivity contribution in [3.8, 4) is 0 Å². The number of fused-ring (bicyclic) bond motifs is 1. The summed E-state index contributed by atoms with van der Waals surface area (Å²) in [5.41, 5.74) is 11.8. The number of aliphatic carboxylic acids is 1. The van der Waals surface area contributed by atoms with Gasteiger partial charge in [0.2, 0.25) is 11.5 Å². The smallest absolute Gasteiger partial charge is 0.352 e. The summed E-state index contributed by atoms with van der Waals surface area (Å²) in [5.74, 6) is -1.45. The molecule has 35 heavy (non-hydrogen) atoms. The van der Waals surface area contributed by atoms with Gasteiger partial charge in [-0.15, -0.1) is 11.8 Å². The van der Waals surface area contributed by atoms with E-state index in [4.69, 9.17) is 5.73 Å². The first-order valence-corrected chi connectivity index (χ1v) is 12.2. The number of oxime groups is 1. The summed E-state index contributed by atoms with van der Waals surface area (Å²) < 4.78 is 16.4. The maximum atomic E-state index is 12.8. The van der Waals surface area contributed by atoms with Crippen LogP contribution in [0.5, 0.6) is 0 Å². The van der Waals surface area contributed by atoms with Crippen molar-refractivity contribution in [3.05, 3.63) is 17.1 Å². The lowest BCUT2D eigenvalue weighted by Gasteiger charge is -2.51. The number of carboxylic acids is 1. The number of anilines is 1. The lowest BCUT2D eigenvalue weighted by atomic mass is 10.0. The quantitative estimate of drug-likeness (QED) is 0.142. The Kier molecular flexibility index (Phi) is 7.96. The van der Waals surface area contributed by atoms with Crippen molar-refractivity contribution >= 4 is 52.2 Å². The number of nitrogens with one attached hydrogen (secondary N) is 4. The van der Waals surface area contributed by atoms with Crippen LogP contribution < -0.4 is 27.2 Å². The number of aromatic nitrogens is 2. The van der Waals surface area contributed by atoms with Gasteiger partial charge in [-0.05, 0) is 7.05 Å². The van der Waals surface area contributed by atoms with Crippen LogP contribution in [0.1, 0.15) is 5.82 Å². The zero-order chi connectivity index (χ0) is 24.9. The molecule has 190 valence electrons. The lowest BCUT2D eigenvalue weighted by Crippen LogP contribution is -2.67. The molecule has 1 amide bonds. The molecule has 3 unspecified atom stereocenters. The van der Waals surface area contributed by atoms with Crippen LogP contribution in [0.4, 0.5) is 9.52 Å². The van der Waals surface area contributed by atoms with Crippen molar-refractivity contribution in [3.63, 3.8) is 0 Å². The Bertz CT molecular complexity index is 1050. The van der Waals surface area contributed by atoms with E-state index in [1.165, 1.54) is 11.8 Å². The predicted molar refractivity (Wildman–Crippen MR) is 127 cm³/mol. The van der Waals surface area contributed by atoms with Gasteiger partial charge in [0.25, 0.3) is 12.8 Å². The van der Waals surface area contributed by atoms with Crippen LogP contribution >= 0.6 is 23.3 Å². The molecule has 2 saturated heterocycles. The van der Waals surface area contributed by atoms with Crippen LogP contribution in [0.3, 0.4) is 0 Å². The number of hydrazone groups is 1. The number of alkyl halides is 1. The molecule has 2 fully saturated rings. The van der Waals surface area contributed by atoms with Crippen molar-refractivity contribution in [2.24, 2.45) is 10.3 Å². The number of thioether (sulfide) groups is 1. The van der Waals surface area contributed by atoms with Crippen molar-refractivity contribution in [1.29, 1.82) is 0 Å². The molecule has 3 atom stereocenters. The molecule has 0 bridgehead atoms. The van der Waals surface area contributed by atoms with E-state index in [9.17, 15) is 19.1 Å². The van der Waals surface area contributed by atoms with E-state index in [1.54, 1.807) is 23.2 Å². The van der Waals surface area contributed by atoms with Crippen LogP contribution in [-0.4, -0.2) is 105 Å². The first-order valence-electron chi connectivity index (χ1n) is 10.4. The van der Waals surface area contributed by atoms with Gasteiger partial charge in [0.05, 0.1) is 24.2 Å². The number of nitrogen functional groups attached to an aromatic ring is 1. The number of rotatable bonds is 10. The maximum Gasteiger partial charge on any atom is 0.352 e. The standard InChI is InChI=1S/C17H24FN11O4S2/c1-20-25-17-21-2-3-29(17)22-4-8-6-34-14-9(5-28(14)11(8)15(31)32)23-13(30)10(26-33-7-18)12-24-16(19)35-27-12/h4,9,14,17,20-21,25H,2-3,5-7H2,1H3,(H,23,30)(H,31,32)(H2,19,24,27)/b22-4+,26-10+. The number of nitrogens with zero attached hydrogens (tertiary/aromatic N) is 6. The molecule has 0 aliphatic carbocycles. The Hall–Kier alpha value is -3.06. The monoisotopic (exact) mass is 529 g/mol. The van der Waals surface area contributed by atoms with Gasteiger partial charge in [-0.25, -0.2) is 14.6 Å². The number of carbonyl (C=O) groups is 2. The Labute approximate surface area is 207 Å². The number of amides is 1. The van der Waals surface area contributed by atoms with Gasteiger partial charge in [0.1, 0.15) is 5.70 Å². The highest BCUT2D eigenvalue weighted by Crippen LogP contribution is 2.39. The summed E-state index contributed by atoms with van der Waals surface area (Å²) in [6, 6.07) is -0.390. The fraction of sp³-hybridized carbons (Fsp3) is 0.529. The Balaban J connectivity index is 1.44. The Morgan fingerprint density at radius 2 is 2.31 bits per heavy atom. The molecule has 0 spiro atoms. The second-order valence-corrected chi connectivity index (χ2v) is 9.29. The van der Waals surface area contributed by atoms with Gasteiger partial charge in [-0.2, -0.15) is 14.5 Å². The number of carbonyl (C=O) groups excluding carboxylic acids is 1. The summed E-state index contributed by atoms with van der Waals surface area (Å²) in [7, 11) is 1.75. The molecular formula is C17H24FN11O4S2. The van der Waals surface area contributed by atoms with Gasteiger partial charge in [0.15, 0.2) is 11.4 Å². The van der Waals surface area contributed by atoms with Crippen molar-refractivity contribution in [1.82, 2.24) is 40.8 Å². The van der Waals surface area contributed by atoms with Crippen molar-refractivity contribution < 1.29 is 23.9 Å². The van der Waals surface area contributed by atoms with E-state index in [-0.39, 0.29) is 46.6 Å². The predicted octanol–water partition coefficient (Wildman–Crippen LogP) is -2.12. The largest absolute Gasteiger partial charge is 0.477 e. The van der Waals surface area contributed by atoms with E-state index < -0.39 is 18.7 Å². The fourth-order valence-corrected chi connectivity index (χ4v) is 5.49. The molecule has 4 heterocycles. The zero-order valence-electron chi connectivity index (χ0n) is 18.5. The van der Waals surface area contributed by atoms with E-state index >= 15 is 0 Å². The summed E-state index contributed by atoms with van der Waals surface area (Å²) >= 11 is 2.33. The van der Waals surface area contributed by atoms with Crippen LogP contribution in [0.25, 0.3) is 0 Å². The van der Waals surface area contributed by atoms with Gasteiger partial charge in [0, 0.05) is 35.9 Å². The second-order valence-electron chi connectivity index (χ2n) is 7.41. The second kappa shape index (κ2) is 11.1. The molecule has 0 radical (unpaired) electrons. The maximum absolute atomic E-state index is 12.8. The third-order valence-electron chi connectivity index (χ3n) is 5.26. The normalized spacial score (nSPS) is 24.5.